The Morgan fingerprint density at radius 3 is 2.81 bits per heavy atom. The number of amides is 2. The van der Waals surface area contributed by atoms with Crippen LogP contribution in [0.15, 0.2) is 41.8 Å². The van der Waals surface area contributed by atoms with E-state index in [1.54, 1.807) is 16.2 Å². The van der Waals surface area contributed by atoms with Crippen LogP contribution in [0.5, 0.6) is 0 Å². The molecule has 1 N–H and O–H groups in total. The lowest BCUT2D eigenvalue weighted by atomic mass is 9.85. The molecular formula is C25H28ClN3O2S. The largest absolute Gasteiger partial charge is 0.351 e. The van der Waals surface area contributed by atoms with Crippen molar-refractivity contribution in [3.05, 3.63) is 58.1 Å². The van der Waals surface area contributed by atoms with E-state index >= 15 is 0 Å². The third-order valence-electron chi connectivity index (χ3n) is 7.25. The van der Waals surface area contributed by atoms with Crippen molar-refractivity contribution in [3.63, 3.8) is 0 Å². The van der Waals surface area contributed by atoms with E-state index < -0.39 is 5.54 Å². The number of halogens is 1. The molecule has 2 amide bonds. The van der Waals surface area contributed by atoms with E-state index in [2.05, 4.69) is 12.2 Å². The second-order valence-electron chi connectivity index (χ2n) is 9.38. The fourth-order valence-electron chi connectivity index (χ4n) is 5.17. The molecule has 5 rings (SSSR count). The molecule has 32 heavy (non-hydrogen) atoms. The van der Waals surface area contributed by atoms with Gasteiger partial charge in [-0.15, -0.1) is 11.3 Å². The van der Waals surface area contributed by atoms with Gasteiger partial charge in [-0.25, -0.2) is 0 Å². The van der Waals surface area contributed by atoms with Gasteiger partial charge in [0.2, 0.25) is 5.91 Å². The number of carbonyl (C=O) groups excluding carboxylic acids is 2. The Balaban J connectivity index is 1.54. The molecule has 3 heterocycles. The first kappa shape index (κ1) is 21.5. The number of nitrogens with one attached hydrogen (secondary N) is 1. The normalized spacial score (nSPS) is 25.7. The van der Waals surface area contributed by atoms with Crippen molar-refractivity contribution < 1.29 is 9.59 Å². The molecule has 3 atom stereocenters. The van der Waals surface area contributed by atoms with Crippen LogP contribution in [0.1, 0.15) is 55.6 Å². The highest BCUT2D eigenvalue weighted by Gasteiger charge is 2.48. The van der Waals surface area contributed by atoms with E-state index in [-0.39, 0.29) is 17.9 Å². The fourth-order valence-corrected chi connectivity index (χ4v) is 6.19. The lowest BCUT2D eigenvalue weighted by Crippen LogP contribution is -2.65. The number of fused-ring (bicyclic) bond motifs is 3. The summed E-state index contributed by atoms with van der Waals surface area (Å²) in [5.74, 6) is 0.228. The predicted octanol–water partition coefficient (Wildman–Crippen LogP) is 5.47. The minimum Gasteiger partial charge on any atom is -0.351 e. The van der Waals surface area contributed by atoms with Crippen LogP contribution in [-0.4, -0.2) is 32.9 Å². The van der Waals surface area contributed by atoms with Crippen LogP contribution in [0.2, 0.25) is 5.02 Å². The Kier molecular flexibility index (Phi) is 5.54. The van der Waals surface area contributed by atoms with E-state index in [1.165, 1.54) is 6.42 Å². The van der Waals surface area contributed by atoms with Gasteiger partial charge in [-0.1, -0.05) is 49.6 Å². The summed E-state index contributed by atoms with van der Waals surface area (Å²) < 4.78 is 3.08. The minimum absolute atomic E-state index is 0.0839. The third-order valence-corrected chi connectivity index (χ3v) is 8.47. The zero-order valence-electron chi connectivity index (χ0n) is 18.4. The smallest absolute Gasteiger partial charge is 0.271 e. The van der Waals surface area contributed by atoms with Gasteiger partial charge in [0.25, 0.3) is 5.91 Å². The molecule has 2 aliphatic rings. The second-order valence-corrected chi connectivity index (χ2v) is 10.7. The van der Waals surface area contributed by atoms with E-state index in [4.69, 9.17) is 11.6 Å². The Bertz CT molecular complexity index is 1190. The van der Waals surface area contributed by atoms with Crippen LogP contribution >= 0.6 is 22.9 Å². The van der Waals surface area contributed by atoms with Gasteiger partial charge in [0.1, 0.15) is 11.2 Å². The van der Waals surface area contributed by atoms with Gasteiger partial charge in [-0.3, -0.25) is 9.59 Å². The van der Waals surface area contributed by atoms with Crippen molar-refractivity contribution in [3.8, 4) is 0 Å². The Labute approximate surface area is 197 Å². The number of hydrogen-bond acceptors (Lipinski definition) is 3. The van der Waals surface area contributed by atoms with Gasteiger partial charge in [-0.2, -0.15) is 0 Å². The van der Waals surface area contributed by atoms with Crippen LogP contribution in [0.25, 0.3) is 10.2 Å². The molecular weight excluding hydrogens is 442 g/mol. The molecule has 7 heteroatoms. The zero-order chi connectivity index (χ0) is 22.5. The van der Waals surface area contributed by atoms with Crippen LogP contribution in [0.3, 0.4) is 0 Å². The average Bonchev–Trinajstić information content (AvgIpc) is 3.36. The second kappa shape index (κ2) is 8.23. The number of thiophene rings is 1. The Morgan fingerprint density at radius 1 is 1.25 bits per heavy atom. The highest BCUT2D eigenvalue weighted by Crippen LogP contribution is 2.36. The molecule has 1 aromatic carbocycles. The molecule has 3 aromatic rings. The summed E-state index contributed by atoms with van der Waals surface area (Å²) >= 11 is 8.06. The monoisotopic (exact) mass is 469 g/mol. The summed E-state index contributed by atoms with van der Waals surface area (Å²) in [6, 6.07) is 11.7. The quantitative estimate of drug-likeness (QED) is 0.551. The molecule has 0 spiro atoms. The maximum atomic E-state index is 13.8. The summed E-state index contributed by atoms with van der Waals surface area (Å²) in [7, 11) is 0. The lowest BCUT2D eigenvalue weighted by Gasteiger charge is -2.45. The number of benzene rings is 1. The first-order chi connectivity index (χ1) is 15.4. The summed E-state index contributed by atoms with van der Waals surface area (Å²) in [5.41, 5.74) is 1.47. The van der Waals surface area contributed by atoms with Crippen LogP contribution < -0.4 is 5.32 Å². The van der Waals surface area contributed by atoms with Crippen molar-refractivity contribution in [2.24, 2.45) is 5.92 Å². The molecule has 5 nitrogen and oxygen atoms in total. The third kappa shape index (κ3) is 3.54. The van der Waals surface area contributed by atoms with Crippen LogP contribution in [-0.2, 0) is 17.9 Å². The lowest BCUT2D eigenvalue weighted by molar-refractivity contribution is -0.134. The maximum Gasteiger partial charge on any atom is 0.271 e. The van der Waals surface area contributed by atoms with E-state index in [9.17, 15) is 9.59 Å². The highest BCUT2D eigenvalue weighted by atomic mass is 35.5. The van der Waals surface area contributed by atoms with E-state index in [0.29, 0.717) is 29.7 Å². The Hall–Kier alpha value is -2.31. The predicted molar refractivity (Wildman–Crippen MR) is 129 cm³/mol. The van der Waals surface area contributed by atoms with Crippen LogP contribution in [0, 0.1) is 5.92 Å². The SMILES string of the molecule is CC1CCCCC1NC(=O)C1(C)Cn2c(cc3sccc32)C(=O)N1Cc1ccccc1Cl. The van der Waals surface area contributed by atoms with Gasteiger partial charge >= 0.3 is 0 Å². The number of aromatic nitrogens is 1. The summed E-state index contributed by atoms with van der Waals surface area (Å²) in [4.78, 5) is 29.3. The van der Waals surface area contributed by atoms with Crippen LogP contribution in [0.4, 0.5) is 0 Å². The van der Waals surface area contributed by atoms with Gasteiger partial charge in [0, 0.05) is 17.6 Å². The van der Waals surface area contributed by atoms with E-state index in [1.807, 2.05) is 53.3 Å². The molecule has 1 saturated carbocycles. The standard InChI is InChI=1S/C25H28ClN3O2S/c1-16-7-3-6-10-19(16)27-24(31)25(2)15-28-20-11-12-32-22(20)13-21(28)23(30)29(25)14-17-8-4-5-9-18(17)26/h4-5,8-9,11-13,16,19H,3,6-7,10,14-15H2,1-2H3,(H,27,31). The summed E-state index contributed by atoms with van der Waals surface area (Å²) in [5, 5.41) is 5.95. The maximum absolute atomic E-state index is 13.8. The first-order valence-corrected chi connectivity index (χ1v) is 12.6. The first-order valence-electron chi connectivity index (χ1n) is 11.3. The van der Waals surface area contributed by atoms with E-state index in [0.717, 1.165) is 35.0 Å². The zero-order valence-corrected chi connectivity index (χ0v) is 20.0. The molecule has 1 aliphatic carbocycles. The van der Waals surface area contributed by atoms with Crippen molar-refractivity contribution in [1.29, 1.82) is 0 Å². The minimum atomic E-state index is -1.02. The average molecular weight is 470 g/mol. The van der Waals surface area contributed by atoms with Gasteiger partial charge in [0.05, 0.1) is 16.8 Å². The molecule has 0 radical (unpaired) electrons. The van der Waals surface area contributed by atoms with Crippen molar-refractivity contribution in [1.82, 2.24) is 14.8 Å². The van der Waals surface area contributed by atoms with Crippen molar-refractivity contribution in [2.75, 3.05) is 0 Å². The van der Waals surface area contributed by atoms with Crippen molar-refractivity contribution >= 4 is 45.0 Å². The number of rotatable bonds is 4. The van der Waals surface area contributed by atoms with Gasteiger partial charge < -0.3 is 14.8 Å². The Morgan fingerprint density at radius 2 is 2.03 bits per heavy atom. The van der Waals surface area contributed by atoms with Gasteiger partial charge in [-0.05, 0) is 54.8 Å². The molecule has 168 valence electrons. The summed E-state index contributed by atoms with van der Waals surface area (Å²) in [6.45, 7) is 4.82. The number of carbonyl (C=O) groups is 2. The molecule has 0 saturated heterocycles. The van der Waals surface area contributed by atoms with Crippen molar-refractivity contribution in [2.45, 2.75) is 64.2 Å². The molecule has 2 aromatic heterocycles. The molecule has 1 fully saturated rings. The summed E-state index contributed by atoms with van der Waals surface area (Å²) in [6.07, 6.45) is 4.46. The molecule has 0 bridgehead atoms. The molecule has 3 unspecified atom stereocenters. The van der Waals surface area contributed by atoms with Gasteiger partial charge in [0.15, 0.2) is 0 Å². The fraction of sp³-hybridized carbons (Fsp3) is 0.440. The highest BCUT2D eigenvalue weighted by molar-refractivity contribution is 7.17. The molecule has 1 aliphatic heterocycles. The number of hydrogen-bond donors (Lipinski definition) is 1. The number of nitrogens with zero attached hydrogens (tertiary/aromatic N) is 2. The topological polar surface area (TPSA) is 54.3 Å².